The molecule has 0 saturated carbocycles. The molecule has 0 bridgehead atoms. The summed E-state index contributed by atoms with van der Waals surface area (Å²) < 4.78 is 0. The van der Waals surface area contributed by atoms with E-state index in [9.17, 15) is 4.79 Å². The highest BCUT2D eigenvalue weighted by molar-refractivity contribution is 5.81. The van der Waals surface area contributed by atoms with Crippen LogP contribution in [0.15, 0.2) is 0 Å². The predicted molar refractivity (Wildman–Crippen MR) is 61.8 cm³/mol. The van der Waals surface area contributed by atoms with Gasteiger partial charge < -0.3 is 15.5 Å². The van der Waals surface area contributed by atoms with Crippen molar-refractivity contribution in [2.24, 2.45) is 0 Å². The van der Waals surface area contributed by atoms with E-state index in [-0.39, 0.29) is 11.9 Å². The van der Waals surface area contributed by atoms with E-state index >= 15 is 0 Å². The molecule has 2 unspecified atom stereocenters. The van der Waals surface area contributed by atoms with Crippen molar-refractivity contribution >= 4 is 5.91 Å². The molecule has 1 heterocycles. The van der Waals surface area contributed by atoms with Crippen molar-refractivity contribution in [3.05, 3.63) is 0 Å². The lowest BCUT2D eigenvalue weighted by atomic mass is 10.2. The summed E-state index contributed by atoms with van der Waals surface area (Å²) in [6.45, 7) is 9.63. The quantitative estimate of drug-likeness (QED) is 0.685. The minimum atomic E-state index is -0.0604. The maximum atomic E-state index is 11.9. The first kappa shape index (κ1) is 12.5. The molecule has 1 fully saturated rings. The van der Waals surface area contributed by atoms with Gasteiger partial charge in [-0.1, -0.05) is 0 Å². The molecule has 0 spiro atoms. The smallest absolute Gasteiger partial charge is 0.239 e. The number of nitrogens with one attached hydrogen (secondary N) is 2. The third-order valence-corrected chi connectivity index (χ3v) is 2.99. The van der Waals surface area contributed by atoms with Gasteiger partial charge >= 0.3 is 0 Å². The van der Waals surface area contributed by atoms with E-state index in [2.05, 4.69) is 10.6 Å². The standard InChI is InChI=1S/C11H23N3O/c1-4-14(5-2)11(15)9(3)13-10-6-7-12-8-10/h9-10,12-13H,4-8H2,1-3H3. The first-order chi connectivity index (χ1) is 7.19. The highest BCUT2D eigenvalue weighted by Crippen LogP contribution is 2.01. The number of rotatable bonds is 5. The molecule has 4 nitrogen and oxygen atoms in total. The number of amides is 1. The van der Waals surface area contributed by atoms with E-state index in [1.807, 2.05) is 25.7 Å². The second-order valence-corrected chi connectivity index (χ2v) is 4.09. The average Bonchev–Trinajstić information content (AvgIpc) is 2.72. The molecule has 2 atom stereocenters. The van der Waals surface area contributed by atoms with Gasteiger partial charge in [-0.05, 0) is 33.7 Å². The number of hydrogen-bond donors (Lipinski definition) is 2. The zero-order valence-electron chi connectivity index (χ0n) is 10.0. The molecule has 0 aromatic carbocycles. The van der Waals surface area contributed by atoms with Crippen LogP contribution in [0, 0.1) is 0 Å². The Morgan fingerprint density at radius 2 is 2.20 bits per heavy atom. The van der Waals surface area contributed by atoms with Gasteiger partial charge in [0.1, 0.15) is 0 Å². The number of likely N-dealkylation sites (N-methyl/N-ethyl adjacent to an activating group) is 1. The van der Waals surface area contributed by atoms with Crippen LogP contribution in [-0.2, 0) is 4.79 Å². The lowest BCUT2D eigenvalue weighted by Crippen LogP contribution is -2.48. The SMILES string of the molecule is CCN(CC)C(=O)C(C)NC1CCNC1. The molecule has 1 saturated heterocycles. The molecule has 88 valence electrons. The van der Waals surface area contributed by atoms with Gasteiger partial charge in [0.25, 0.3) is 0 Å². The molecule has 1 aliphatic heterocycles. The van der Waals surface area contributed by atoms with Crippen molar-refractivity contribution in [1.82, 2.24) is 15.5 Å². The summed E-state index contributed by atoms with van der Waals surface area (Å²) >= 11 is 0. The highest BCUT2D eigenvalue weighted by Gasteiger charge is 2.22. The van der Waals surface area contributed by atoms with Gasteiger partial charge in [-0.15, -0.1) is 0 Å². The van der Waals surface area contributed by atoms with Crippen molar-refractivity contribution in [3.8, 4) is 0 Å². The van der Waals surface area contributed by atoms with Gasteiger partial charge in [0.15, 0.2) is 0 Å². The maximum Gasteiger partial charge on any atom is 0.239 e. The molecule has 1 amide bonds. The topological polar surface area (TPSA) is 44.4 Å². The fourth-order valence-corrected chi connectivity index (χ4v) is 2.03. The van der Waals surface area contributed by atoms with Crippen molar-refractivity contribution in [2.75, 3.05) is 26.2 Å². The summed E-state index contributed by atoms with van der Waals surface area (Å²) in [4.78, 5) is 13.8. The first-order valence-electron chi connectivity index (χ1n) is 5.94. The van der Waals surface area contributed by atoms with E-state index in [1.165, 1.54) is 0 Å². The molecule has 15 heavy (non-hydrogen) atoms. The Hall–Kier alpha value is -0.610. The molecule has 0 aliphatic carbocycles. The lowest BCUT2D eigenvalue weighted by molar-refractivity contribution is -0.132. The Labute approximate surface area is 92.4 Å². The Kier molecular flexibility index (Phi) is 5.05. The normalized spacial score (nSPS) is 22.7. The average molecular weight is 213 g/mol. The molecule has 0 aromatic rings. The number of carbonyl (C=O) groups excluding carboxylic acids is 1. The number of carbonyl (C=O) groups is 1. The third kappa shape index (κ3) is 3.47. The van der Waals surface area contributed by atoms with Gasteiger partial charge in [0.2, 0.25) is 5.91 Å². The van der Waals surface area contributed by atoms with Crippen molar-refractivity contribution in [3.63, 3.8) is 0 Å². The van der Waals surface area contributed by atoms with E-state index in [0.717, 1.165) is 32.6 Å². The van der Waals surface area contributed by atoms with E-state index in [0.29, 0.717) is 6.04 Å². The Morgan fingerprint density at radius 3 is 2.67 bits per heavy atom. The molecular formula is C11H23N3O. The van der Waals surface area contributed by atoms with Crippen molar-refractivity contribution in [2.45, 2.75) is 39.3 Å². The molecular weight excluding hydrogens is 190 g/mol. The van der Waals surface area contributed by atoms with Gasteiger partial charge in [0.05, 0.1) is 6.04 Å². The summed E-state index contributed by atoms with van der Waals surface area (Å²) in [6.07, 6.45) is 1.12. The number of hydrogen-bond acceptors (Lipinski definition) is 3. The van der Waals surface area contributed by atoms with Gasteiger partial charge in [-0.25, -0.2) is 0 Å². The third-order valence-electron chi connectivity index (χ3n) is 2.99. The van der Waals surface area contributed by atoms with Crippen LogP contribution in [-0.4, -0.2) is 49.1 Å². The van der Waals surface area contributed by atoms with Crippen molar-refractivity contribution < 1.29 is 4.79 Å². The van der Waals surface area contributed by atoms with Crippen LogP contribution < -0.4 is 10.6 Å². The summed E-state index contributed by atoms with van der Waals surface area (Å²) in [5.74, 6) is 0.215. The van der Waals surface area contributed by atoms with E-state index < -0.39 is 0 Å². The van der Waals surface area contributed by atoms with Crippen LogP contribution in [0.3, 0.4) is 0 Å². The fourth-order valence-electron chi connectivity index (χ4n) is 2.03. The Morgan fingerprint density at radius 1 is 1.53 bits per heavy atom. The second-order valence-electron chi connectivity index (χ2n) is 4.09. The van der Waals surface area contributed by atoms with Crippen LogP contribution >= 0.6 is 0 Å². The van der Waals surface area contributed by atoms with Crippen LogP contribution in [0.5, 0.6) is 0 Å². The molecule has 0 aromatic heterocycles. The van der Waals surface area contributed by atoms with E-state index in [1.54, 1.807) is 0 Å². The number of nitrogens with zero attached hydrogens (tertiary/aromatic N) is 1. The molecule has 2 N–H and O–H groups in total. The van der Waals surface area contributed by atoms with Gasteiger partial charge in [-0.2, -0.15) is 0 Å². The minimum Gasteiger partial charge on any atom is -0.342 e. The summed E-state index contributed by atoms with van der Waals surface area (Å²) in [5.41, 5.74) is 0. The summed E-state index contributed by atoms with van der Waals surface area (Å²) in [5, 5.41) is 6.66. The summed E-state index contributed by atoms with van der Waals surface area (Å²) in [6, 6.07) is 0.398. The largest absolute Gasteiger partial charge is 0.342 e. The zero-order chi connectivity index (χ0) is 11.3. The van der Waals surface area contributed by atoms with Crippen molar-refractivity contribution in [1.29, 1.82) is 0 Å². The first-order valence-corrected chi connectivity index (χ1v) is 5.94. The minimum absolute atomic E-state index is 0.0604. The van der Waals surface area contributed by atoms with Crippen LogP contribution in [0.25, 0.3) is 0 Å². The molecule has 1 rings (SSSR count). The lowest BCUT2D eigenvalue weighted by Gasteiger charge is -2.25. The monoisotopic (exact) mass is 213 g/mol. The Bertz CT molecular complexity index is 198. The molecule has 1 aliphatic rings. The van der Waals surface area contributed by atoms with Crippen LogP contribution in [0.2, 0.25) is 0 Å². The summed E-state index contributed by atoms with van der Waals surface area (Å²) in [7, 11) is 0. The fraction of sp³-hybridized carbons (Fsp3) is 0.909. The van der Waals surface area contributed by atoms with Crippen LogP contribution in [0.1, 0.15) is 27.2 Å². The Balaban J connectivity index is 2.37. The van der Waals surface area contributed by atoms with Crippen LogP contribution in [0.4, 0.5) is 0 Å². The molecule has 0 radical (unpaired) electrons. The second kappa shape index (κ2) is 6.08. The van der Waals surface area contributed by atoms with E-state index in [4.69, 9.17) is 0 Å². The highest BCUT2D eigenvalue weighted by atomic mass is 16.2. The van der Waals surface area contributed by atoms with Gasteiger partial charge in [0, 0.05) is 25.7 Å². The zero-order valence-corrected chi connectivity index (χ0v) is 10.0. The van der Waals surface area contributed by atoms with Gasteiger partial charge in [-0.3, -0.25) is 4.79 Å². The molecule has 4 heteroatoms. The predicted octanol–water partition coefficient (Wildman–Crippen LogP) is 0.195. The maximum absolute atomic E-state index is 11.9.